The molecule has 2 N–H and O–H groups in total. The molecular weight excluding hydrogens is 468 g/mol. The zero-order chi connectivity index (χ0) is 24.6. The molecule has 0 aromatic heterocycles. The van der Waals surface area contributed by atoms with Crippen LogP contribution in [-0.4, -0.2) is 59.7 Å². The van der Waals surface area contributed by atoms with Crippen LogP contribution < -0.4 is 19.5 Å². The molecule has 34 heavy (non-hydrogen) atoms. The van der Waals surface area contributed by atoms with Crippen LogP contribution in [-0.2, 0) is 35.6 Å². The van der Waals surface area contributed by atoms with E-state index in [0.29, 0.717) is 36.7 Å². The Hall–Kier alpha value is -3.64. The molecule has 0 fully saturated rings. The summed E-state index contributed by atoms with van der Waals surface area (Å²) in [7, 11) is -2.74. The van der Waals surface area contributed by atoms with Gasteiger partial charge in [0.2, 0.25) is 10.0 Å². The fraction of sp³-hybridized carbons (Fsp3) is 0.318. The summed E-state index contributed by atoms with van der Waals surface area (Å²) in [4.78, 5) is 35.1. The summed E-state index contributed by atoms with van der Waals surface area (Å²) in [6.07, 6.45) is 0.677. The Labute approximate surface area is 196 Å². The van der Waals surface area contributed by atoms with Crippen LogP contribution in [0.3, 0.4) is 0 Å². The highest BCUT2D eigenvalue weighted by atomic mass is 32.2. The Morgan fingerprint density at radius 1 is 1.00 bits per heavy atom. The van der Waals surface area contributed by atoms with Crippen molar-refractivity contribution >= 4 is 27.9 Å². The van der Waals surface area contributed by atoms with Crippen molar-refractivity contribution in [1.29, 1.82) is 0 Å². The van der Waals surface area contributed by atoms with Crippen molar-refractivity contribution in [3.05, 3.63) is 53.6 Å². The number of rotatable bonds is 9. The molecule has 11 nitrogen and oxygen atoms in total. The standard InChI is InChI=1S/C22H24N2O9S/c1-30-22(27)16-5-3-15(4-6-16)12-23-20(25)14-33-21(26)13-24-34(28,29)17-7-8-18-19(11-17)32-10-2-9-31-18/h3-8,11,24H,2,9-10,12-14H2,1H3,(H,23,25). The van der Waals surface area contributed by atoms with Gasteiger partial charge in [-0.1, -0.05) is 12.1 Å². The largest absolute Gasteiger partial charge is 0.490 e. The van der Waals surface area contributed by atoms with Gasteiger partial charge in [0.05, 0.1) is 30.8 Å². The molecule has 12 heteroatoms. The third-order valence-corrected chi connectivity index (χ3v) is 6.06. The SMILES string of the molecule is COC(=O)c1ccc(CNC(=O)COC(=O)CNS(=O)(=O)c2ccc3c(c2)OCCCO3)cc1. The van der Waals surface area contributed by atoms with Gasteiger partial charge in [0.1, 0.15) is 6.54 Å². The molecule has 2 aromatic rings. The number of esters is 2. The van der Waals surface area contributed by atoms with Crippen LogP contribution in [0.15, 0.2) is 47.4 Å². The lowest BCUT2D eigenvalue weighted by Gasteiger charge is -2.11. The van der Waals surface area contributed by atoms with Crippen LogP contribution in [0.2, 0.25) is 0 Å². The summed E-state index contributed by atoms with van der Waals surface area (Å²) in [5.74, 6) is -1.21. The molecule has 1 aliphatic rings. The van der Waals surface area contributed by atoms with E-state index in [1.807, 2.05) is 0 Å². The predicted octanol–water partition coefficient (Wildman–Crippen LogP) is 0.772. The maximum Gasteiger partial charge on any atom is 0.337 e. The molecule has 0 saturated heterocycles. The van der Waals surface area contributed by atoms with E-state index in [2.05, 4.69) is 14.8 Å². The van der Waals surface area contributed by atoms with Crippen molar-refractivity contribution in [3.63, 3.8) is 0 Å². The van der Waals surface area contributed by atoms with Crippen LogP contribution in [0.25, 0.3) is 0 Å². The summed E-state index contributed by atoms with van der Waals surface area (Å²) < 4.78 is 47.4. The predicted molar refractivity (Wildman–Crippen MR) is 118 cm³/mol. The van der Waals surface area contributed by atoms with Gasteiger partial charge in [-0.15, -0.1) is 0 Å². The quantitative estimate of drug-likeness (QED) is 0.485. The Morgan fingerprint density at radius 3 is 2.41 bits per heavy atom. The number of amides is 1. The fourth-order valence-corrected chi connectivity index (χ4v) is 3.86. The Kier molecular flexibility index (Phi) is 8.44. The average Bonchev–Trinajstić information content (AvgIpc) is 3.10. The third-order valence-electron chi connectivity index (χ3n) is 4.66. The second-order valence-electron chi connectivity index (χ2n) is 7.11. The number of fused-ring (bicyclic) bond motifs is 1. The maximum atomic E-state index is 12.5. The second-order valence-corrected chi connectivity index (χ2v) is 8.88. The van der Waals surface area contributed by atoms with Gasteiger partial charge in [-0.2, -0.15) is 4.72 Å². The number of benzene rings is 2. The molecule has 1 aliphatic heterocycles. The molecule has 0 spiro atoms. The highest BCUT2D eigenvalue weighted by Gasteiger charge is 2.20. The first-order valence-electron chi connectivity index (χ1n) is 10.3. The fourth-order valence-electron chi connectivity index (χ4n) is 2.87. The van der Waals surface area contributed by atoms with E-state index in [1.54, 1.807) is 24.3 Å². The number of nitrogens with one attached hydrogen (secondary N) is 2. The zero-order valence-corrected chi connectivity index (χ0v) is 19.2. The molecule has 0 atom stereocenters. The van der Waals surface area contributed by atoms with Crippen LogP contribution in [0, 0.1) is 0 Å². The second kappa shape index (κ2) is 11.5. The van der Waals surface area contributed by atoms with Crippen molar-refractivity contribution in [2.24, 2.45) is 0 Å². The zero-order valence-electron chi connectivity index (χ0n) is 18.4. The summed E-state index contributed by atoms with van der Waals surface area (Å²) in [5.41, 5.74) is 1.09. The van der Waals surface area contributed by atoms with Gasteiger partial charge in [0.25, 0.3) is 5.91 Å². The van der Waals surface area contributed by atoms with Crippen LogP contribution in [0.1, 0.15) is 22.3 Å². The van der Waals surface area contributed by atoms with Crippen molar-refractivity contribution < 1.29 is 41.7 Å². The van der Waals surface area contributed by atoms with E-state index in [9.17, 15) is 22.8 Å². The van der Waals surface area contributed by atoms with Crippen LogP contribution >= 0.6 is 0 Å². The van der Waals surface area contributed by atoms with E-state index in [1.165, 1.54) is 25.3 Å². The van der Waals surface area contributed by atoms with E-state index < -0.39 is 41.0 Å². The molecule has 2 aromatic carbocycles. The monoisotopic (exact) mass is 492 g/mol. The third kappa shape index (κ3) is 6.93. The minimum Gasteiger partial charge on any atom is -0.490 e. The highest BCUT2D eigenvalue weighted by molar-refractivity contribution is 7.89. The smallest absolute Gasteiger partial charge is 0.337 e. The molecule has 0 saturated carbocycles. The number of hydrogen-bond donors (Lipinski definition) is 2. The summed E-state index contributed by atoms with van der Waals surface area (Å²) in [6, 6.07) is 10.6. The van der Waals surface area contributed by atoms with Crippen LogP contribution in [0.5, 0.6) is 11.5 Å². The lowest BCUT2D eigenvalue weighted by atomic mass is 10.1. The number of carbonyl (C=O) groups is 3. The molecule has 0 radical (unpaired) electrons. The van der Waals surface area contributed by atoms with Gasteiger partial charge in [-0.05, 0) is 29.8 Å². The summed E-state index contributed by atoms with van der Waals surface area (Å²) in [6.45, 7) is -0.214. The molecule has 0 aliphatic carbocycles. The first-order chi connectivity index (χ1) is 16.3. The maximum absolute atomic E-state index is 12.5. The number of methoxy groups -OCH3 is 1. The molecular formula is C22H24N2O9S. The van der Waals surface area contributed by atoms with Gasteiger partial charge in [-0.3, -0.25) is 9.59 Å². The minimum atomic E-state index is -4.02. The average molecular weight is 493 g/mol. The van der Waals surface area contributed by atoms with Gasteiger partial charge in [0, 0.05) is 19.0 Å². The van der Waals surface area contributed by atoms with Gasteiger partial charge in [0.15, 0.2) is 18.1 Å². The Balaban J connectivity index is 1.42. The lowest BCUT2D eigenvalue weighted by molar-refractivity contribution is -0.147. The van der Waals surface area contributed by atoms with Crippen LogP contribution in [0.4, 0.5) is 0 Å². The highest BCUT2D eigenvalue weighted by Crippen LogP contribution is 2.31. The van der Waals surface area contributed by atoms with Crippen molar-refractivity contribution in [3.8, 4) is 11.5 Å². The number of ether oxygens (including phenoxy) is 4. The van der Waals surface area contributed by atoms with E-state index >= 15 is 0 Å². The molecule has 1 amide bonds. The molecule has 3 rings (SSSR count). The first-order valence-corrected chi connectivity index (χ1v) is 11.8. The van der Waals surface area contributed by atoms with Gasteiger partial charge < -0.3 is 24.3 Å². The number of carbonyl (C=O) groups excluding carboxylic acids is 3. The van der Waals surface area contributed by atoms with Crippen molar-refractivity contribution in [1.82, 2.24) is 10.0 Å². The molecule has 0 bridgehead atoms. The minimum absolute atomic E-state index is 0.0967. The Morgan fingerprint density at radius 2 is 1.71 bits per heavy atom. The van der Waals surface area contributed by atoms with Gasteiger partial charge in [-0.25, -0.2) is 13.2 Å². The van der Waals surface area contributed by atoms with E-state index in [4.69, 9.17) is 14.2 Å². The summed E-state index contributed by atoms with van der Waals surface area (Å²) >= 11 is 0. The van der Waals surface area contributed by atoms with Gasteiger partial charge >= 0.3 is 11.9 Å². The molecule has 0 unspecified atom stereocenters. The van der Waals surface area contributed by atoms with E-state index in [0.717, 1.165) is 5.56 Å². The molecule has 182 valence electrons. The van der Waals surface area contributed by atoms with Crippen molar-refractivity contribution in [2.45, 2.75) is 17.9 Å². The number of sulfonamides is 1. The van der Waals surface area contributed by atoms with Crippen molar-refractivity contribution in [2.75, 3.05) is 33.5 Å². The Bertz CT molecular complexity index is 1150. The lowest BCUT2D eigenvalue weighted by Crippen LogP contribution is -2.33. The van der Waals surface area contributed by atoms with E-state index in [-0.39, 0.29) is 11.4 Å². The normalized spacial score (nSPS) is 12.9. The topological polar surface area (TPSA) is 146 Å². The first kappa shape index (κ1) is 25.0. The molecule has 1 heterocycles. The summed E-state index contributed by atoms with van der Waals surface area (Å²) in [5, 5.41) is 2.55. The number of hydrogen-bond acceptors (Lipinski definition) is 9.